The van der Waals surface area contributed by atoms with Crippen molar-refractivity contribution in [1.29, 1.82) is 0 Å². The minimum Gasteiger partial charge on any atom is -0.0593 e. The zero-order chi connectivity index (χ0) is 10.7. The fraction of sp³-hybridized carbons (Fsp3) is 1.00. The Hall–Kier alpha value is 0. The third-order valence-electron chi connectivity index (χ3n) is 6.62. The Morgan fingerprint density at radius 1 is 0.867 bits per heavy atom. The van der Waals surface area contributed by atoms with Gasteiger partial charge in [0.15, 0.2) is 0 Å². The summed E-state index contributed by atoms with van der Waals surface area (Å²) in [7, 11) is 0. The van der Waals surface area contributed by atoms with E-state index in [-0.39, 0.29) is 0 Å². The largest absolute Gasteiger partial charge is 0.0593 e. The number of hydrogen-bond acceptors (Lipinski definition) is 0. The standard InChI is InChI=1S/C15H26/c1-13(2)12-7-6-8-14(12,3)11-15(13)9-4-5-10-15/h12H,4-11H2,1-3H3/t12?,14-/m1/s1. The summed E-state index contributed by atoms with van der Waals surface area (Å²) in [6, 6.07) is 0. The molecule has 3 aliphatic rings. The van der Waals surface area contributed by atoms with Gasteiger partial charge in [-0.2, -0.15) is 0 Å². The average Bonchev–Trinajstić information content (AvgIpc) is 2.76. The monoisotopic (exact) mass is 206 g/mol. The lowest BCUT2D eigenvalue weighted by Crippen LogP contribution is -2.34. The Kier molecular flexibility index (Phi) is 1.91. The van der Waals surface area contributed by atoms with Gasteiger partial charge in [-0.15, -0.1) is 0 Å². The Labute approximate surface area is 94.8 Å². The summed E-state index contributed by atoms with van der Waals surface area (Å²) in [6.07, 6.45) is 12.2. The highest BCUT2D eigenvalue weighted by Crippen LogP contribution is 2.73. The summed E-state index contributed by atoms with van der Waals surface area (Å²) in [4.78, 5) is 0. The molecule has 0 aromatic carbocycles. The van der Waals surface area contributed by atoms with Gasteiger partial charge in [0.1, 0.15) is 0 Å². The predicted octanol–water partition coefficient (Wildman–Crippen LogP) is 4.78. The first-order chi connectivity index (χ1) is 7.00. The van der Waals surface area contributed by atoms with Crippen LogP contribution < -0.4 is 0 Å². The third-order valence-corrected chi connectivity index (χ3v) is 6.62. The van der Waals surface area contributed by atoms with E-state index in [1.807, 2.05) is 0 Å². The van der Waals surface area contributed by atoms with Crippen LogP contribution in [0.4, 0.5) is 0 Å². The molecule has 0 bridgehead atoms. The molecule has 0 heterocycles. The van der Waals surface area contributed by atoms with Crippen LogP contribution in [0.3, 0.4) is 0 Å². The highest BCUT2D eigenvalue weighted by atomic mass is 14.7. The van der Waals surface area contributed by atoms with Crippen molar-refractivity contribution in [3.63, 3.8) is 0 Å². The maximum absolute atomic E-state index is 2.60. The lowest BCUT2D eigenvalue weighted by molar-refractivity contribution is 0.0720. The van der Waals surface area contributed by atoms with E-state index in [2.05, 4.69) is 20.8 Å². The molecule has 0 aromatic rings. The molecule has 0 nitrogen and oxygen atoms in total. The lowest BCUT2D eigenvalue weighted by atomic mass is 9.63. The lowest BCUT2D eigenvalue weighted by Gasteiger charge is -2.42. The van der Waals surface area contributed by atoms with Crippen molar-refractivity contribution in [2.75, 3.05) is 0 Å². The molecular weight excluding hydrogens is 180 g/mol. The maximum atomic E-state index is 2.60. The van der Waals surface area contributed by atoms with E-state index < -0.39 is 0 Å². The van der Waals surface area contributed by atoms with Crippen LogP contribution in [-0.2, 0) is 0 Å². The summed E-state index contributed by atoms with van der Waals surface area (Å²) >= 11 is 0. The number of fused-ring (bicyclic) bond motifs is 1. The molecule has 3 aliphatic carbocycles. The third kappa shape index (κ3) is 1.09. The van der Waals surface area contributed by atoms with Crippen molar-refractivity contribution in [1.82, 2.24) is 0 Å². The molecule has 86 valence electrons. The van der Waals surface area contributed by atoms with Gasteiger partial charge in [0, 0.05) is 0 Å². The highest BCUT2D eigenvalue weighted by Gasteiger charge is 2.64. The summed E-state index contributed by atoms with van der Waals surface area (Å²) in [5, 5.41) is 0. The smallest absolute Gasteiger partial charge is 0.0238 e. The van der Waals surface area contributed by atoms with E-state index in [0.717, 1.165) is 11.3 Å². The second-order valence-electron chi connectivity index (χ2n) is 7.48. The topological polar surface area (TPSA) is 0 Å². The van der Waals surface area contributed by atoms with Crippen LogP contribution in [0.2, 0.25) is 0 Å². The fourth-order valence-electron chi connectivity index (χ4n) is 5.92. The van der Waals surface area contributed by atoms with Gasteiger partial charge in [0.05, 0.1) is 0 Å². The van der Waals surface area contributed by atoms with E-state index in [4.69, 9.17) is 0 Å². The highest BCUT2D eigenvalue weighted by molar-refractivity contribution is 5.13. The van der Waals surface area contributed by atoms with Crippen molar-refractivity contribution in [2.45, 2.75) is 72.1 Å². The van der Waals surface area contributed by atoms with Crippen LogP contribution in [0.5, 0.6) is 0 Å². The summed E-state index contributed by atoms with van der Waals surface area (Å²) in [5.74, 6) is 1.03. The quantitative estimate of drug-likeness (QED) is 0.535. The normalized spacial score (nSPS) is 46.2. The van der Waals surface area contributed by atoms with Crippen molar-refractivity contribution in [3.05, 3.63) is 0 Å². The van der Waals surface area contributed by atoms with Crippen LogP contribution >= 0.6 is 0 Å². The SMILES string of the molecule is CC1(C)C2CCC[C@]2(C)CC12CCCC2. The fourth-order valence-corrected chi connectivity index (χ4v) is 5.92. The molecule has 0 aliphatic heterocycles. The zero-order valence-corrected chi connectivity index (χ0v) is 10.7. The van der Waals surface area contributed by atoms with E-state index in [9.17, 15) is 0 Å². The first-order valence-corrected chi connectivity index (χ1v) is 7.00. The molecule has 2 atom stereocenters. The van der Waals surface area contributed by atoms with E-state index in [1.165, 1.54) is 44.9 Å². The molecule has 3 fully saturated rings. The van der Waals surface area contributed by atoms with Gasteiger partial charge in [-0.3, -0.25) is 0 Å². The number of hydrogen-bond donors (Lipinski definition) is 0. The van der Waals surface area contributed by atoms with E-state index in [0.29, 0.717) is 10.8 Å². The van der Waals surface area contributed by atoms with Gasteiger partial charge >= 0.3 is 0 Å². The van der Waals surface area contributed by atoms with Crippen LogP contribution in [-0.4, -0.2) is 0 Å². The first kappa shape index (κ1) is 10.2. The van der Waals surface area contributed by atoms with Crippen molar-refractivity contribution in [2.24, 2.45) is 22.2 Å². The Balaban J connectivity index is 2.01. The van der Waals surface area contributed by atoms with Gasteiger partial charge in [0.2, 0.25) is 0 Å². The molecule has 3 saturated carbocycles. The minimum atomic E-state index is 0.634. The van der Waals surface area contributed by atoms with Gasteiger partial charge in [0.25, 0.3) is 0 Å². The molecule has 0 heteroatoms. The Bertz CT molecular complexity index is 270. The summed E-state index contributed by atoms with van der Waals surface area (Å²) in [5.41, 5.74) is 2.09. The molecular formula is C15H26. The molecule has 0 radical (unpaired) electrons. The molecule has 0 amide bonds. The summed E-state index contributed by atoms with van der Waals surface area (Å²) < 4.78 is 0. The second kappa shape index (κ2) is 2.81. The van der Waals surface area contributed by atoms with Crippen LogP contribution in [0.1, 0.15) is 72.1 Å². The van der Waals surface area contributed by atoms with Gasteiger partial charge in [-0.25, -0.2) is 0 Å². The van der Waals surface area contributed by atoms with Gasteiger partial charge in [-0.05, 0) is 54.3 Å². The maximum Gasteiger partial charge on any atom is -0.0238 e. The van der Waals surface area contributed by atoms with Crippen LogP contribution in [0, 0.1) is 22.2 Å². The first-order valence-electron chi connectivity index (χ1n) is 7.00. The molecule has 0 aromatic heterocycles. The minimum absolute atomic E-state index is 0.634. The van der Waals surface area contributed by atoms with E-state index >= 15 is 0 Å². The van der Waals surface area contributed by atoms with Gasteiger partial charge in [-0.1, -0.05) is 40.0 Å². The van der Waals surface area contributed by atoms with Crippen LogP contribution in [0.25, 0.3) is 0 Å². The molecule has 0 saturated heterocycles. The van der Waals surface area contributed by atoms with Crippen molar-refractivity contribution in [3.8, 4) is 0 Å². The second-order valence-corrected chi connectivity index (χ2v) is 7.48. The Morgan fingerprint density at radius 2 is 1.53 bits per heavy atom. The molecule has 0 N–H and O–H groups in total. The van der Waals surface area contributed by atoms with Crippen LogP contribution in [0.15, 0.2) is 0 Å². The molecule has 1 unspecified atom stereocenters. The average molecular weight is 206 g/mol. The van der Waals surface area contributed by atoms with Gasteiger partial charge < -0.3 is 0 Å². The molecule has 1 spiro atoms. The number of rotatable bonds is 0. The molecule has 3 rings (SSSR count). The van der Waals surface area contributed by atoms with Crippen molar-refractivity contribution < 1.29 is 0 Å². The molecule has 15 heavy (non-hydrogen) atoms. The Morgan fingerprint density at radius 3 is 2.13 bits per heavy atom. The van der Waals surface area contributed by atoms with E-state index in [1.54, 1.807) is 6.42 Å². The summed E-state index contributed by atoms with van der Waals surface area (Å²) in [6.45, 7) is 7.79. The zero-order valence-electron chi connectivity index (χ0n) is 10.7. The predicted molar refractivity (Wildman–Crippen MR) is 64.7 cm³/mol. The van der Waals surface area contributed by atoms with Crippen molar-refractivity contribution >= 4 is 0 Å².